The highest BCUT2D eigenvalue weighted by molar-refractivity contribution is 7.93. The topological polar surface area (TPSA) is 57.6 Å². The van der Waals surface area contributed by atoms with Gasteiger partial charge in [-0.2, -0.15) is 0 Å². The molecule has 0 saturated heterocycles. The number of rotatable bonds is 3. The number of halogens is 1. The molecule has 1 heterocycles. The van der Waals surface area contributed by atoms with Gasteiger partial charge in [-0.3, -0.25) is 4.31 Å². The van der Waals surface area contributed by atoms with Crippen LogP contribution in [0, 0.1) is 5.82 Å². The zero-order valence-electron chi connectivity index (χ0n) is 12.6. The molecule has 4 nitrogen and oxygen atoms in total. The number of hydrogen-bond acceptors (Lipinski definition) is 3. The quantitative estimate of drug-likeness (QED) is 0.794. The number of benzene rings is 3. The van der Waals surface area contributed by atoms with Crippen LogP contribution in [0.2, 0.25) is 0 Å². The molecule has 1 aliphatic heterocycles. The van der Waals surface area contributed by atoms with Crippen molar-refractivity contribution in [1.82, 2.24) is 0 Å². The largest absolute Gasteiger partial charge is 0.387 e. The monoisotopic (exact) mass is 343 g/mol. The number of β-amino-alcohol motifs (C(OH)–C–C–N with tert-alkyl or cyclic N) is 1. The van der Waals surface area contributed by atoms with Crippen LogP contribution in [0.4, 0.5) is 10.1 Å². The van der Waals surface area contributed by atoms with Gasteiger partial charge in [0.2, 0.25) is 0 Å². The van der Waals surface area contributed by atoms with Gasteiger partial charge in [-0.25, -0.2) is 12.8 Å². The summed E-state index contributed by atoms with van der Waals surface area (Å²) >= 11 is 0. The molecule has 0 bridgehead atoms. The Labute approximate surface area is 138 Å². The van der Waals surface area contributed by atoms with Crippen molar-refractivity contribution < 1.29 is 17.9 Å². The number of aliphatic hydroxyl groups is 1. The van der Waals surface area contributed by atoms with E-state index in [1.165, 1.54) is 22.5 Å². The molecule has 1 N–H and O–H groups in total. The molecule has 4 rings (SSSR count). The molecule has 24 heavy (non-hydrogen) atoms. The summed E-state index contributed by atoms with van der Waals surface area (Å²) in [7, 11) is -3.73. The maximum Gasteiger partial charge on any atom is 0.265 e. The van der Waals surface area contributed by atoms with Crippen LogP contribution in [0.3, 0.4) is 0 Å². The van der Waals surface area contributed by atoms with Crippen molar-refractivity contribution in [3.05, 3.63) is 72.0 Å². The molecule has 0 aliphatic carbocycles. The van der Waals surface area contributed by atoms with Crippen LogP contribution in [0.5, 0.6) is 0 Å². The number of hydrogen-bond donors (Lipinski definition) is 1. The molecule has 1 unspecified atom stereocenters. The van der Waals surface area contributed by atoms with Gasteiger partial charge < -0.3 is 5.11 Å². The van der Waals surface area contributed by atoms with E-state index in [1.54, 1.807) is 30.3 Å². The average molecular weight is 343 g/mol. The molecule has 0 fully saturated rings. The van der Waals surface area contributed by atoms with Crippen molar-refractivity contribution in [1.29, 1.82) is 0 Å². The second-order valence-electron chi connectivity index (χ2n) is 5.74. The normalized spacial score (nSPS) is 16.5. The van der Waals surface area contributed by atoms with Gasteiger partial charge in [-0.15, -0.1) is 0 Å². The Kier molecular flexibility index (Phi) is 3.33. The third-order valence-electron chi connectivity index (χ3n) is 4.25. The molecule has 0 saturated carbocycles. The van der Waals surface area contributed by atoms with E-state index in [2.05, 4.69) is 0 Å². The molecule has 1 aliphatic rings. The number of anilines is 1. The second-order valence-corrected chi connectivity index (χ2v) is 7.57. The maximum absolute atomic E-state index is 13.3. The van der Waals surface area contributed by atoms with Crippen LogP contribution >= 0.6 is 0 Å². The molecule has 122 valence electrons. The van der Waals surface area contributed by atoms with E-state index < -0.39 is 21.9 Å². The van der Waals surface area contributed by atoms with Crippen molar-refractivity contribution in [3.63, 3.8) is 0 Å². The molecule has 0 radical (unpaired) electrons. The van der Waals surface area contributed by atoms with Gasteiger partial charge in [0.25, 0.3) is 10.0 Å². The third-order valence-corrected chi connectivity index (χ3v) is 6.08. The van der Waals surface area contributed by atoms with Gasteiger partial charge >= 0.3 is 0 Å². The fourth-order valence-electron chi connectivity index (χ4n) is 3.13. The molecular formula is C18H14FNO3S. The summed E-state index contributed by atoms with van der Waals surface area (Å²) in [5, 5.41) is 11.9. The lowest BCUT2D eigenvalue weighted by Crippen LogP contribution is -2.31. The van der Waals surface area contributed by atoms with Gasteiger partial charge in [0.15, 0.2) is 0 Å². The standard InChI is InChI=1S/C18H14FNO3S/c19-14-7-1-6-13(10-14)16(21)11-20-15-8-2-4-12-5-3-9-17(18(12)15)24(20,22)23/h1-10,16,21H,11H2. The van der Waals surface area contributed by atoms with Crippen LogP contribution in [-0.4, -0.2) is 20.1 Å². The zero-order valence-corrected chi connectivity index (χ0v) is 13.4. The first-order valence-corrected chi connectivity index (χ1v) is 8.90. The van der Waals surface area contributed by atoms with E-state index in [9.17, 15) is 17.9 Å². The minimum Gasteiger partial charge on any atom is -0.387 e. The molecule has 6 heteroatoms. The van der Waals surface area contributed by atoms with Gasteiger partial charge in [-0.05, 0) is 35.2 Å². The first-order chi connectivity index (χ1) is 11.5. The number of aliphatic hydroxyl groups excluding tert-OH is 1. The molecule has 3 aromatic rings. The van der Waals surface area contributed by atoms with Crippen LogP contribution in [0.25, 0.3) is 10.8 Å². The maximum atomic E-state index is 13.3. The number of sulfonamides is 1. The van der Waals surface area contributed by atoms with Crippen LogP contribution in [0.15, 0.2) is 65.6 Å². The Hall–Kier alpha value is -2.44. The van der Waals surface area contributed by atoms with Crippen molar-refractivity contribution in [2.75, 3.05) is 10.8 Å². The van der Waals surface area contributed by atoms with Gasteiger partial charge in [0.05, 0.1) is 23.2 Å². The summed E-state index contributed by atoms with van der Waals surface area (Å²) in [6, 6.07) is 16.0. The smallest absolute Gasteiger partial charge is 0.265 e. The lowest BCUT2D eigenvalue weighted by molar-refractivity contribution is 0.187. The summed E-state index contributed by atoms with van der Waals surface area (Å²) in [5.74, 6) is -0.471. The van der Waals surface area contributed by atoms with Crippen molar-refractivity contribution >= 4 is 26.5 Å². The van der Waals surface area contributed by atoms with Crippen molar-refractivity contribution in [3.8, 4) is 0 Å². The molecule has 0 amide bonds. The van der Waals surface area contributed by atoms with Crippen molar-refractivity contribution in [2.24, 2.45) is 0 Å². The Bertz CT molecular complexity index is 1040. The summed E-state index contributed by atoms with van der Waals surface area (Å²) in [4.78, 5) is 0.238. The van der Waals surface area contributed by atoms with Crippen molar-refractivity contribution in [2.45, 2.75) is 11.0 Å². The van der Waals surface area contributed by atoms with Crippen LogP contribution < -0.4 is 4.31 Å². The Morgan fingerprint density at radius 1 is 1.04 bits per heavy atom. The second kappa shape index (κ2) is 5.29. The Morgan fingerprint density at radius 2 is 1.75 bits per heavy atom. The molecule has 0 spiro atoms. The highest BCUT2D eigenvalue weighted by Gasteiger charge is 2.36. The average Bonchev–Trinajstić information content (AvgIpc) is 2.78. The van der Waals surface area contributed by atoms with Gasteiger partial charge in [0, 0.05) is 5.39 Å². The predicted octanol–water partition coefficient (Wildman–Crippen LogP) is 3.22. The Balaban J connectivity index is 1.79. The number of nitrogens with zero attached hydrogens (tertiary/aromatic N) is 1. The lowest BCUT2D eigenvalue weighted by atomic mass is 10.1. The van der Waals surface area contributed by atoms with E-state index in [0.29, 0.717) is 16.6 Å². The third kappa shape index (κ3) is 2.18. The zero-order chi connectivity index (χ0) is 16.9. The Morgan fingerprint density at radius 3 is 2.50 bits per heavy atom. The first-order valence-electron chi connectivity index (χ1n) is 7.46. The molecule has 3 aromatic carbocycles. The highest BCUT2D eigenvalue weighted by atomic mass is 32.2. The highest BCUT2D eigenvalue weighted by Crippen LogP contribution is 2.42. The van der Waals surface area contributed by atoms with E-state index >= 15 is 0 Å². The van der Waals surface area contributed by atoms with Gasteiger partial charge in [-0.1, -0.05) is 36.4 Å². The minimum atomic E-state index is -3.73. The molecule has 0 aromatic heterocycles. The van der Waals surface area contributed by atoms with E-state index in [4.69, 9.17) is 0 Å². The van der Waals surface area contributed by atoms with Crippen LogP contribution in [0.1, 0.15) is 11.7 Å². The summed E-state index contributed by atoms with van der Waals surface area (Å²) in [5.41, 5.74) is 0.881. The van der Waals surface area contributed by atoms with E-state index in [-0.39, 0.29) is 11.4 Å². The summed E-state index contributed by atoms with van der Waals surface area (Å²) in [6.07, 6.45) is -1.12. The summed E-state index contributed by atoms with van der Waals surface area (Å²) < 4.78 is 40.2. The molecule has 1 atom stereocenters. The molecular weight excluding hydrogens is 329 g/mol. The first kappa shape index (κ1) is 15.1. The summed E-state index contributed by atoms with van der Waals surface area (Å²) in [6.45, 7) is -0.167. The fourth-order valence-corrected chi connectivity index (χ4v) is 4.85. The minimum absolute atomic E-state index is 0.167. The van der Waals surface area contributed by atoms with E-state index in [1.807, 2.05) is 12.1 Å². The van der Waals surface area contributed by atoms with E-state index in [0.717, 1.165) is 5.39 Å². The van der Waals surface area contributed by atoms with Gasteiger partial charge in [0.1, 0.15) is 5.82 Å². The lowest BCUT2D eigenvalue weighted by Gasteiger charge is -2.22. The SMILES string of the molecule is O=S1(=O)c2cccc3cccc(c23)N1CC(O)c1cccc(F)c1. The van der Waals surface area contributed by atoms with Crippen LogP contribution in [-0.2, 0) is 10.0 Å². The fraction of sp³-hybridized carbons (Fsp3) is 0.111. The predicted molar refractivity (Wildman–Crippen MR) is 89.8 cm³/mol.